The lowest BCUT2D eigenvalue weighted by molar-refractivity contribution is 0.0931. The van der Waals surface area contributed by atoms with Crippen LogP contribution < -0.4 is 10.2 Å². The number of sulfone groups is 1. The number of benzene rings is 2. The molecule has 1 amide bonds. The topological polar surface area (TPSA) is 84.3 Å². The van der Waals surface area contributed by atoms with Gasteiger partial charge in [0.05, 0.1) is 28.1 Å². The summed E-state index contributed by atoms with van der Waals surface area (Å²) in [5.41, 5.74) is 2.34. The zero-order valence-electron chi connectivity index (χ0n) is 17.7. The zero-order chi connectivity index (χ0) is 22.7. The third-order valence-electron chi connectivity index (χ3n) is 5.71. The van der Waals surface area contributed by atoms with Crippen molar-refractivity contribution in [1.29, 1.82) is 0 Å². The Bertz CT molecular complexity index is 1180. The summed E-state index contributed by atoms with van der Waals surface area (Å²) >= 11 is 5.92. The lowest BCUT2D eigenvalue weighted by Gasteiger charge is -2.34. The summed E-state index contributed by atoms with van der Waals surface area (Å²) in [4.78, 5) is 15.2. The number of amides is 1. The zero-order valence-corrected chi connectivity index (χ0v) is 19.3. The number of hydrogen-bond acceptors (Lipinski definition) is 5. The number of rotatable bonds is 6. The predicted molar refractivity (Wildman–Crippen MR) is 125 cm³/mol. The van der Waals surface area contributed by atoms with Crippen LogP contribution in [0.3, 0.4) is 0 Å². The van der Waals surface area contributed by atoms with Crippen LogP contribution in [0.5, 0.6) is 0 Å². The molecule has 0 unspecified atom stereocenters. The molecule has 2 aromatic carbocycles. The van der Waals surface area contributed by atoms with E-state index in [0.717, 1.165) is 37.3 Å². The minimum Gasteiger partial charge on any atom is -0.371 e. The van der Waals surface area contributed by atoms with E-state index in [1.165, 1.54) is 0 Å². The van der Waals surface area contributed by atoms with Gasteiger partial charge in [0, 0.05) is 36.0 Å². The molecule has 1 N–H and O–H groups in total. The second-order valence-electron chi connectivity index (χ2n) is 7.78. The Labute approximate surface area is 192 Å². The van der Waals surface area contributed by atoms with Crippen LogP contribution in [0.2, 0.25) is 5.02 Å². The highest BCUT2D eigenvalue weighted by Crippen LogP contribution is 2.23. The number of aromatic nitrogens is 2. The van der Waals surface area contributed by atoms with Gasteiger partial charge in [0.2, 0.25) is 0 Å². The number of anilines is 1. The molecular formula is C23H25ClN4O3S. The first-order valence-corrected chi connectivity index (χ1v) is 12.6. The maximum atomic E-state index is 12.7. The van der Waals surface area contributed by atoms with Crippen molar-refractivity contribution in [2.45, 2.75) is 30.7 Å². The Morgan fingerprint density at radius 2 is 1.69 bits per heavy atom. The molecule has 7 nitrogen and oxygen atoms in total. The first-order chi connectivity index (χ1) is 15.4. The van der Waals surface area contributed by atoms with E-state index in [9.17, 15) is 13.2 Å². The SMILES string of the molecule is CCS(=O)(=O)c1ccc(N2CCC(NC(=O)c3cnn(-c4ccc(Cl)cc4)c3)CC2)cc1. The molecule has 168 valence electrons. The van der Waals surface area contributed by atoms with E-state index in [-0.39, 0.29) is 17.7 Å². The Morgan fingerprint density at radius 3 is 2.31 bits per heavy atom. The van der Waals surface area contributed by atoms with E-state index in [1.807, 2.05) is 24.3 Å². The molecule has 2 heterocycles. The fourth-order valence-corrected chi connectivity index (χ4v) is 4.77. The third-order valence-corrected chi connectivity index (χ3v) is 7.71. The van der Waals surface area contributed by atoms with E-state index in [2.05, 4.69) is 15.3 Å². The number of piperidine rings is 1. The fourth-order valence-electron chi connectivity index (χ4n) is 3.76. The minimum absolute atomic E-state index is 0.0809. The third kappa shape index (κ3) is 4.97. The van der Waals surface area contributed by atoms with Gasteiger partial charge in [-0.25, -0.2) is 13.1 Å². The van der Waals surface area contributed by atoms with Crippen molar-refractivity contribution in [2.24, 2.45) is 0 Å². The molecule has 1 aliphatic rings. The van der Waals surface area contributed by atoms with E-state index in [0.29, 0.717) is 15.5 Å². The normalized spacial score (nSPS) is 15.0. The van der Waals surface area contributed by atoms with Crippen LogP contribution in [0.15, 0.2) is 65.8 Å². The van der Waals surface area contributed by atoms with Crippen molar-refractivity contribution in [2.75, 3.05) is 23.7 Å². The molecule has 0 radical (unpaired) electrons. The second kappa shape index (κ2) is 9.34. The predicted octanol–water partition coefficient (Wildman–Crippen LogP) is 3.72. The molecule has 1 saturated heterocycles. The summed E-state index contributed by atoms with van der Waals surface area (Å²) in [7, 11) is -3.19. The van der Waals surface area contributed by atoms with Gasteiger partial charge in [0.1, 0.15) is 0 Å². The van der Waals surface area contributed by atoms with Gasteiger partial charge in [-0.15, -0.1) is 0 Å². The summed E-state index contributed by atoms with van der Waals surface area (Å²) in [5.74, 6) is -0.0476. The van der Waals surface area contributed by atoms with Gasteiger partial charge in [0.15, 0.2) is 9.84 Å². The first kappa shape index (κ1) is 22.4. The summed E-state index contributed by atoms with van der Waals surface area (Å²) in [6.45, 7) is 3.22. The van der Waals surface area contributed by atoms with Crippen LogP contribution >= 0.6 is 11.6 Å². The average Bonchev–Trinajstić information content (AvgIpc) is 3.31. The van der Waals surface area contributed by atoms with Crippen LogP contribution in [-0.4, -0.2) is 49.0 Å². The highest BCUT2D eigenvalue weighted by molar-refractivity contribution is 7.91. The summed E-state index contributed by atoms with van der Waals surface area (Å²) < 4.78 is 25.6. The Kier molecular flexibility index (Phi) is 6.53. The smallest absolute Gasteiger partial charge is 0.254 e. The van der Waals surface area contributed by atoms with E-state index < -0.39 is 9.84 Å². The van der Waals surface area contributed by atoms with Crippen LogP contribution in [0.1, 0.15) is 30.1 Å². The molecule has 1 aliphatic heterocycles. The summed E-state index contributed by atoms with van der Waals surface area (Å²) in [6, 6.07) is 14.4. The number of halogens is 1. The van der Waals surface area contributed by atoms with Gasteiger partial charge in [-0.3, -0.25) is 4.79 Å². The molecule has 0 atom stereocenters. The lowest BCUT2D eigenvalue weighted by Crippen LogP contribution is -2.44. The molecule has 4 rings (SSSR count). The Balaban J connectivity index is 1.32. The van der Waals surface area contributed by atoms with Crippen molar-refractivity contribution in [1.82, 2.24) is 15.1 Å². The highest BCUT2D eigenvalue weighted by Gasteiger charge is 2.22. The molecule has 0 bridgehead atoms. The molecule has 32 heavy (non-hydrogen) atoms. The number of nitrogens with one attached hydrogen (secondary N) is 1. The van der Waals surface area contributed by atoms with Gasteiger partial charge in [-0.2, -0.15) is 5.10 Å². The number of carbonyl (C=O) groups excluding carboxylic acids is 1. The molecule has 0 saturated carbocycles. The molecule has 3 aromatic rings. The lowest BCUT2D eigenvalue weighted by atomic mass is 10.0. The minimum atomic E-state index is -3.19. The average molecular weight is 473 g/mol. The van der Waals surface area contributed by atoms with Crippen LogP contribution in [0.25, 0.3) is 5.69 Å². The quantitative estimate of drug-likeness (QED) is 0.591. The largest absolute Gasteiger partial charge is 0.371 e. The number of carbonyl (C=O) groups is 1. The molecular weight excluding hydrogens is 448 g/mol. The number of hydrogen-bond donors (Lipinski definition) is 1. The van der Waals surface area contributed by atoms with Gasteiger partial charge in [-0.1, -0.05) is 18.5 Å². The van der Waals surface area contributed by atoms with Crippen LogP contribution in [0.4, 0.5) is 5.69 Å². The van der Waals surface area contributed by atoms with Crippen LogP contribution in [0, 0.1) is 0 Å². The molecule has 9 heteroatoms. The highest BCUT2D eigenvalue weighted by atomic mass is 35.5. The Hall–Kier alpha value is -2.84. The van der Waals surface area contributed by atoms with Crippen LogP contribution in [-0.2, 0) is 9.84 Å². The molecule has 1 fully saturated rings. The maximum Gasteiger partial charge on any atom is 0.254 e. The Morgan fingerprint density at radius 1 is 1.06 bits per heavy atom. The fraction of sp³-hybridized carbons (Fsp3) is 0.304. The molecule has 0 aliphatic carbocycles. The maximum absolute atomic E-state index is 12.7. The van der Waals surface area contributed by atoms with Crippen molar-refractivity contribution >= 4 is 33.0 Å². The van der Waals surface area contributed by atoms with Gasteiger partial charge >= 0.3 is 0 Å². The van der Waals surface area contributed by atoms with E-state index in [1.54, 1.807) is 48.3 Å². The van der Waals surface area contributed by atoms with Crippen molar-refractivity contribution in [3.63, 3.8) is 0 Å². The van der Waals surface area contributed by atoms with Crippen molar-refractivity contribution in [3.8, 4) is 5.69 Å². The van der Waals surface area contributed by atoms with Gasteiger partial charge in [0.25, 0.3) is 5.91 Å². The standard InChI is InChI=1S/C23H25ClN4O3S/c1-2-32(30,31)22-9-7-20(8-10-22)27-13-11-19(12-14-27)26-23(29)17-15-25-28(16-17)21-5-3-18(24)4-6-21/h3-10,15-16,19H,2,11-14H2,1H3,(H,26,29). The van der Waals surface area contributed by atoms with Crippen molar-refractivity contribution < 1.29 is 13.2 Å². The van der Waals surface area contributed by atoms with Gasteiger partial charge in [-0.05, 0) is 61.4 Å². The monoisotopic (exact) mass is 472 g/mol. The van der Waals surface area contributed by atoms with Crippen molar-refractivity contribution in [3.05, 3.63) is 71.5 Å². The number of nitrogens with zero attached hydrogens (tertiary/aromatic N) is 3. The second-order valence-corrected chi connectivity index (χ2v) is 10.5. The molecule has 1 aromatic heterocycles. The first-order valence-electron chi connectivity index (χ1n) is 10.5. The van der Waals surface area contributed by atoms with E-state index >= 15 is 0 Å². The molecule has 0 spiro atoms. The van der Waals surface area contributed by atoms with E-state index in [4.69, 9.17) is 11.6 Å². The van der Waals surface area contributed by atoms with Gasteiger partial charge < -0.3 is 10.2 Å². The summed E-state index contributed by atoms with van der Waals surface area (Å²) in [5, 5.41) is 8.02. The summed E-state index contributed by atoms with van der Waals surface area (Å²) in [6.07, 6.45) is 4.89.